The van der Waals surface area contributed by atoms with Gasteiger partial charge in [-0.15, -0.1) is 0 Å². The maximum Gasteiger partial charge on any atom is 0.340 e. The molecule has 0 aliphatic rings. The van der Waals surface area contributed by atoms with E-state index in [9.17, 15) is 22.8 Å². The lowest BCUT2D eigenvalue weighted by molar-refractivity contribution is -0.123. The standard InChI is InChI=1S/C17H24ClN3O6S/c1-5-21(6-2)28(25,26)12-7-8-14(18)13(9-12)16(23)27-10-15(22)20-17(24)19-11(3)4/h7-9,11H,5-6,10H2,1-4H3,(H2,19,20,22,24). The van der Waals surface area contributed by atoms with Crippen LogP contribution in [0.15, 0.2) is 23.1 Å². The highest BCUT2D eigenvalue weighted by Crippen LogP contribution is 2.23. The molecule has 0 saturated heterocycles. The van der Waals surface area contributed by atoms with E-state index in [2.05, 4.69) is 5.32 Å². The first-order valence-electron chi connectivity index (χ1n) is 8.60. The van der Waals surface area contributed by atoms with Gasteiger partial charge in [0, 0.05) is 19.1 Å². The Hall–Kier alpha value is -2.17. The molecule has 1 rings (SSSR count). The van der Waals surface area contributed by atoms with E-state index in [1.165, 1.54) is 16.4 Å². The number of nitrogens with one attached hydrogen (secondary N) is 2. The second-order valence-corrected chi connectivity index (χ2v) is 8.33. The SMILES string of the molecule is CCN(CC)S(=O)(=O)c1ccc(Cl)c(C(=O)OCC(=O)NC(=O)NC(C)C)c1. The summed E-state index contributed by atoms with van der Waals surface area (Å²) < 4.78 is 31.2. The summed E-state index contributed by atoms with van der Waals surface area (Å²) in [5.74, 6) is -1.82. The third-order valence-corrected chi connectivity index (χ3v) is 5.88. The second kappa shape index (κ2) is 10.4. The van der Waals surface area contributed by atoms with Gasteiger partial charge in [-0.25, -0.2) is 18.0 Å². The molecule has 0 heterocycles. The number of imide groups is 1. The Morgan fingerprint density at radius 2 is 1.79 bits per heavy atom. The molecule has 9 nitrogen and oxygen atoms in total. The molecular formula is C17H24ClN3O6S. The van der Waals surface area contributed by atoms with Crippen molar-refractivity contribution in [1.82, 2.24) is 14.9 Å². The van der Waals surface area contributed by atoms with Crippen LogP contribution in [0.2, 0.25) is 5.02 Å². The van der Waals surface area contributed by atoms with E-state index in [1.807, 2.05) is 5.32 Å². The van der Waals surface area contributed by atoms with Crippen LogP contribution in [-0.4, -0.2) is 56.4 Å². The fourth-order valence-electron chi connectivity index (χ4n) is 2.20. The number of rotatable bonds is 8. The maximum atomic E-state index is 12.6. The molecule has 0 fully saturated rings. The molecule has 0 atom stereocenters. The van der Waals surface area contributed by atoms with Gasteiger partial charge in [-0.3, -0.25) is 10.1 Å². The van der Waals surface area contributed by atoms with E-state index in [1.54, 1.807) is 27.7 Å². The number of sulfonamides is 1. The van der Waals surface area contributed by atoms with Crippen molar-refractivity contribution in [3.63, 3.8) is 0 Å². The number of amides is 3. The fraction of sp³-hybridized carbons (Fsp3) is 0.471. The minimum absolute atomic E-state index is 0.0264. The van der Waals surface area contributed by atoms with Crippen molar-refractivity contribution in [2.24, 2.45) is 0 Å². The first-order valence-corrected chi connectivity index (χ1v) is 10.4. The summed E-state index contributed by atoms with van der Waals surface area (Å²) in [6.07, 6.45) is 0. The molecule has 0 aromatic heterocycles. The Bertz CT molecular complexity index is 837. The van der Waals surface area contributed by atoms with E-state index in [4.69, 9.17) is 16.3 Å². The molecule has 0 saturated carbocycles. The van der Waals surface area contributed by atoms with Crippen molar-refractivity contribution in [2.75, 3.05) is 19.7 Å². The summed E-state index contributed by atoms with van der Waals surface area (Å²) in [5.41, 5.74) is -0.200. The molecule has 28 heavy (non-hydrogen) atoms. The van der Waals surface area contributed by atoms with Gasteiger partial charge in [0.05, 0.1) is 15.5 Å². The van der Waals surface area contributed by atoms with Crippen LogP contribution < -0.4 is 10.6 Å². The van der Waals surface area contributed by atoms with Crippen LogP contribution in [0.25, 0.3) is 0 Å². The molecule has 0 bridgehead atoms. The molecule has 2 N–H and O–H groups in total. The van der Waals surface area contributed by atoms with Crippen LogP contribution in [0, 0.1) is 0 Å². The quantitative estimate of drug-likeness (QED) is 0.602. The highest BCUT2D eigenvalue weighted by molar-refractivity contribution is 7.89. The van der Waals surface area contributed by atoms with Gasteiger partial charge in [-0.1, -0.05) is 25.4 Å². The lowest BCUT2D eigenvalue weighted by Crippen LogP contribution is -2.44. The smallest absolute Gasteiger partial charge is 0.340 e. The molecule has 0 aliphatic carbocycles. The molecule has 1 aromatic rings. The summed E-state index contributed by atoms with van der Waals surface area (Å²) in [5, 5.41) is 4.41. The third kappa shape index (κ3) is 6.47. The molecule has 1 aromatic carbocycles. The van der Waals surface area contributed by atoms with Crippen LogP contribution in [0.4, 0.5) is 4.79 Å². The number of carbonyl (C=O) groups excluding carboxylic acids is 3. The van der Waals surface area contributed by atoms with Gasteiger partial charge < -0.3 is 10.1 Å². The summed E-state index contributed by atoms with van der Waals surface area (Å²) in [6.45, 7) is 6.62. The number of halogens is 1. The largest absolute Gasteiger partial charge is 0.452 e. The zero-order chi connectivity index (χ0) is 21.5. The Morgan fingerprint density at radius 1 is 1.18 bits per heavy atom. The zero-order valence-corrected chi connectivity index (χ0v) is 17.7. The van der Waals surface area contributed by atoms with E-state index >= 15 is 0 Å². The lowest BCUT2D eigenvalue weighted by atomic mass is 10.2. The van der Waals surface area contributed by atoms with Gasteiger partial charge in [-0.2, -0.15) is 4.31 Å². The number of hydrogen-bond acceptors (Lipinski definition) is 6. The van der Waals surface area contributed by atoms with E-state index in [-0.39, 0.29) is 34.6 Å². The van der Waals surface area contributed by atoms with E-state index < -0.39 is 34.5 Å². The predicted molar refractivity (Wildman–Crippen MR) is 104 cm³/mol. The number of urea groups is 1. The molecule has 11 heteroatoms. The van der Waals surface area contributed by atoms with Crippen molar-refractivity contribution >= 4 is 39.5 Å². The fourth-order valence-corrected chi connectivity index (χ4v) is 3.88. The number of ether oxygens (including phenoxy) is 1. The average Bonchev–Trinajstić information content (AvgIpc) is 2.59. The average molecular weight is 434 g/mol. The summed E-state index contributed by atoms with van der Waals surface area (Å²) in [7, 11) is -3.80. The van der Waals surface area contributed by atoms with Crippen molar-refractivity contribution in [1.29, 1.82) is 0 Å². The minimum Gasteiger partial charge on any atom is -0.452 e. The van der Waals surface area contributed by atoms with Gasteiger partial charge in [0.15, 0.2) is 6.61 Å². The minimum atomic E-state index is -3.80. The van der Waals surface area contributed by atoms with Gasteiger partial charge in [0.1, 0.15) is 0 Å². The van der Waals surface area contributed by atoms with Gasteiger partial charge >= 0.3 is 12.0 Å². The molecule has 156 valence electrons. The third-order valence-electron chi connectivity index (χ3n) is 3.51. The highest BCUT2D eigenvalue weighted by atomic mass is 35.5. The van der Waals surface area contributed by atoms with E-state index in [0.29, 0.717) is 0 Å². The predicted octanol–water partition coefficient (Wildman–Crippen LogP) is 1.76. The number of nitrogens with zero attached hydrogens (tertiary/aromatic N) is 1. The van der Waals surface area contributed by atoms with E-state index in [0.717, 1.165) is 6.07 Å². The first-order chi connectivity index (χ1) is 13.0. The van der Waals surface area contributed by atoms with Crippen LogP contribution in [0.1, 0.15) is 38.1 Å². The highest BCUT2D eigenvalue weighted by Gasteiger charge is 2.24. The summed E-state index contributed by atoms with van der Waals surface area (Å²) in [6, 6.07) is 2.76. The summed E-state index contributed by atoms with van der Waals surface area (Å²) >= 11 is 5.97. The Morgan fingerprint density at radius 3 is 2.32 bits per heavy atom. The molecule has 0 aliphatic heterocycles. The first kappa shape index (κ1) is 23.9. The number of hydrogen-bond donors (Lipinski definition) is 2. The number of esters is 1. The molecule has 0 unspecified atom stereocenters. The van der Waals surface area contributed by atoms with Gasteiger partial charge in [0.25, 0.3) is 5.91 Å². The van der Waals surface area contributed by atoms with Crippen molar-refractivity contribution in [3.8, 4) is 0 Å². The number of benzene rings is 1. The van der Waals surface area contributed by atoms with Gasteiger partial charge in [-0.05, 0) is 32.0 Å². The Balaban J connectivity index is 2.89. The van der Waals surface area contributed by atoms with Crippen LogP contribution >= 0.6 is 11.6 Å². The second-order valence-electron chi connectivity index (χ2n) is 5.98. The van der Waals surface area contributed by atoms with Crippen LogP contribution in [0.5, 0.6) is 0 Å². The topological polar surface area (TPSA) is 122 Å². The van der Waals surface area contributed by atoms with Crippen LogP contribution in [-0.2, 0) is 19.6 Å². The number of carbonyl (C=O) groups is 3. The molecule has 0 spiro atoms. The summed E-state index contributed by atoms with van der Waals surface area (Å²) in [4.78, 5) is 35.2. The normalized spacial score (nSPS) is 11.4. The lowest BCUT2D eigenvalue weighted by Gasteiger charge is -2.19. The maximum absolute atomic E-state index is 12.6. The molecule has 0 radical (unpaired) electrons. The molecule has 3 amide bonds. The molecular weight excluding hydrogens is 410 g/mol. The monoisotopic (exact) mass is 433 g/mol. The van der Waals surface area contributed by atoms with Crippen molar-refractivity contribution in [3.05, 3.63) is 28.8 Å². The van der Waals surface area contributed by atoms with Gasteiger partial charge in [0.2, 0.25) is 10.0 Å². The Kier molecular flexibility index (Phi) is 8.86. The zero-order valence-electron chi connectivity index (χ0n) is 16.1. The van der Waals surface area contributed by atoms with Crippen LogP contribution in [0.3, 0.4) is 0 Å². The Labute approximate surface area is 169 Å². The van der Waals surface area contributed by atoms with Crippen molar-refractivity contribution in [2.45, 2.75) is 38.6 Å². The van der Waals surface area contributed by atoms with Crippen molar-refractivity contribution < 1.29 is 27.5 Å².